The maximum absolute atomic E-state index is 12.5. The fourth-order valence-electron chi connectivity index (χ4n) is 1.99. The standard InChI is InChI=1S/C9H15F2N/c10-8(11)9(3-4-9)7-12-5-1-2-6-12/h8H,1-7H2. The van der Waals surface area contributed by atoms with Gasteiger partial charge in [-0.25, -0.2) is 8.78 Å². The van der Waals surface area contributed by atoms with Gasteiger partial charge in [0.1, 0.15) is 0 Å². The molecule has 0 amide bonds. The Labute approximate surface area is 71.7 Å². The van der Waals surface area contributed by atoms with Crippen LogP contribution in [-0.2, 0) is 0 Å². The normalized spacial score (nSPS) is 28.2. The van der Waals surface area contributed by atoms with E-state index < -0.39 is 11.8 Å². The number of hydrogen-bond donors (Lipinski definition) is 0. The van der Waals surface area contributed by atoms with Gasteiger partial charge in [-0.15, -0.1) is 0 Å². The van der Waals surface area contributed by atoms with Gasteiger partial charge in [0, 0.05) is 12.0 Å². The summed E-state index contributed by atoms with van der Waals surface area (Å²) >= 11 is 0. The zero-order chi connectivity index (χ0) is 8.60. The molecule has 0 N–H and O–H groups in total. The highest BCUT2D eigenvalue weighted by Crippen LogP contribution is 2.51. The van der Waals surface area contributed by atoms with E-state index >= 15 is 0 Å². The van der Waals surface area contributed by atoms with Crippen LogP contribution in [0.1, 0.15) is 25.7 Å². The first-order valence-corrected chi connectivity index (χ1v) is 4.73. The minimum absolute atomic E-state index is 0.593. The third-order valence-corrected chi connectivity index (χ3v) is 3.09. The van der Waals surface area contributed by atoms with Crippen molar-refractivity contribution in [1.82, 2.24) is 4.90 Å². The van der Waals surface area contributed by atoms with Gasteiger partial charge in [0.25, 0.3) is 0 Å². The van der Waals surface area contributed by atoms with Crippen LogP contribution in [0.4, 0.5) is 8.78 Å². The first-order chi connectivity index (χ1) is 5.73. The van der Waals surface area contributed by atoms with Crippen molar-refractivity contribution in [2.24, 2.45) is 5.41 Å². The Hall–Kier alpha value is -0.180. The predicted octanol–water partition coefficient (Wildman–Crippen LogP) is 2.13. The van der Waals surface area contributed by atoms with E-state index in [0.717, 1.165) is 25.9 Å². The molecule has 70 valence electrons. The van der Waals surface area contributed by atoms with E-state index in [9.17, 15) is 8.78 Å². The van der Waals surface area contributed by atoms with Crippen LogP contribution in [0.2, 0.25) is 0 Å². The van der Waals surface area contributed by atoms with E-state index in [1.165, 1.54) is 12.8 Å². The topological polar surface area (TPSA) is 3.24 Å². The van der Waals surface area contributed by atoms with E-state index in [-0.39, 0.29) is 0 Å². The summed E-state index contributed by atoms with van der Waals surface area (Å²) in [5, 5.41) is 0. The number of likely N-dealkylation sites (tertiary alicyclic amines) is 1. The average molecular weight is 175 g/mol. The van der Waals surface area contributed by atoms with Crippen LogP contribution in [-0.4, -0.2) is 31.0 Å². The van der Waals surface area contributed by atoms with E-state index in [2.05, 4.69) is 4.90 Å². The van der Waals surface area contributed by atoms with Gasteiger partial charge >= 0.3 is 0 Å². The Kier molecular flexibility index (Phi) is 2.07. The van der Waals surface area contributed by atoms with Gasteiger partial charge in [-0.3, -0.25) is 0 Å². The maximum Gasteiger partial charge on any atom is 0.245 e. The molecule has 0 aromatic carbocycles. The second-order valence-electron chi connectivity index (χ2n) is 4.15. The number of halogens is 2. The second-order valence-corrected chi connectivity index (χ2v) is 4.15. The summed E-state index contributed by atoms with van der Waals surface area (Å²) in [4.78, 5) is 2.19. The third kappa shape index (κ3) is 1.47. The second kappa shape index (κ2) is 2.95. The lowest BCUT2D eigenvalue weighted by atomic mass is 10.1. The van der Waals surface area contributed by atoms with Crippen LogP contribution in [0, 0.1) is 5.41 Å². The molecule has 2 fully saturated rings. The smallest absolute Gasteiger partial charge is 0.245 e. The predicted molar refractivity (Wildman–Crippen MR) is 43.3 cm³/mol. The Balaban J connectivity index is 1.85. The zero-order valence-corrected chi connectivity index (χ0v) is 7.23. The molecule has 0 aromatic rings. The largest absolute Gasteiger partial charge is 0.303 e. The lowest BCUT2D eigenvalue weighted by Gasteiger charge is -2.21. The van der Waals surface area contributed by atoms with Crippen LogP contribution in [0.5, 0.6) is 0 Å². The molecule has 2 aliphatic rings. The molecule has 0 bridgehead atoms. The molecule has 1 saturated carbocycles. The summed E-state index contributed by atoms with van der Waals surface area (Å²) in [5.74, 6) is 0. The van der Waals surface area contributed by atoms with E-state index in [4.69, 9.17) is 0 Å². The molecule has 1 heterocycles. The number of rotatable bonds is 3. The van der Waals surface area contributed by atoms with Crippen LogP contribution in [0.25, 0.3) is 0 Å². The summed E-state index contributed by atoms with van der Waals surface area (Å²) < 4.78 is 25.0. The van der Waals surface area contributed by atoms with Crippen molar-refractivity contribution in [3.63, 3.8) is 0 Å². The fraction of sp³-hybridized carbons (Fsp3) is 1.00. The molecular weight excluding hydrogens is 160 g/mol. The van der Waals surface area contributed by atoms with Crippen LogP contribution >= 0.6 is 0 Å². The SMILES string of the molecule is FC(F)C1(CN2CCCC2)CC1. The first-order valence-electron chi connectivity index (χ1n) is 4.73. The van der Waals surface area contributed by atoms with E-state index in [1.807, 2.05) is 0 Å². The summed E-state index contributed by atoms with van der Waals surface area (Å²) in [6.07, 6.45) is 1.76. The molecule has 1 aliphatic heterocycles. The number of alkyl halides is 2. The summed E-state index contributed by atoms with van der Waals surface area (Å²) in [7, 11) is 0. The maximum atomic E-state index is 12.5. The van der Waals surface area contributed by atoms with Crippen LogP contribution in [0.15, 0.2) is 0 Å². The van der Waals surface area contributed by atoms with Crippen LogP contribution in [0.3, 0.4) is 0 Å². The summed E-state index contributed by atoms with van der Waals surface area (Å²) in [6, 6.07) is 0. The molecule has 0 unspecified atom stereocenters. The van der Waals surface area contributed by atoms with Gasteiger partial charge in [-0.05, 0) is 38.8 Å². The molecule has 12 heavy (non-hydrogen) atoms. The molecule has 3 heteroatoms. The Morgan fingerprint density at radius 2 is 1.75 bits per heavy atom. The van der Waals surface area contributed by atoms with Gasteiger partial charge in [-0.2, -0.15) is 0 Å². The highest BCUT2D eigenvalue weighted by atomic mass is 19.3. The van der Waals surface area contributed by atoms with Crippen molar-refractivity contribution in [2.75, 3.05) is 19.6 Å². The molecule has 0 radical (unpaired) electrons. The Morgan fingerprint density at radius 3 is 2.17 bits per heavy atom. The van der Waals surface area contributed by atoms with Crippen molar-refractivity contribution in [3.8, 4) is 0 Å². The number of nitrogens with zero attached hydrogens (tertiary/aromatic N) is 1. The summed E-state index contributed by atoms with van der Waals surface area (Å²) in [6.45, 7) is 2.72. The van der Waals surface area contributed by atoms with Crippen molar-refractivity contribution in [2.45, 2.75) is 32.1 Å². The molecule has 0 aromatic heterocycles. The van der Waals surface area contributed by atoms with Crippen molar-refractivity contribution < 1.29 is 8.78 Å². The molecule has 1 aliphatic carbocycles. The minimum Gasteiger partial charge on any atom is -0.303 e. The quantitative estimate of drug-likeness (QED) is 0.635. The Morgan fingerprint density at radius 1 is 1.17 bits per heavy atom. The fourth-order valence-corrected chi connectivity index (χ4v) is 1.99. The van der Waals surface area contributed by atoms with Gasteiger partial charge in [0.05, 0.1) is 0 Å². The Bertz CT molecular complexity index is 160. The van der Waals surface area contributed by atoms with Crippen molar-refractivity contribution in [3.05, 3.63) is 0 Å². The highest BCUT2D eigenvalue weighted by molar-refractivity contribution is 4.98. The molecule has 0 atom stereocenters. The molecule has 2 rings (SSSR count). The summed E-state index contributed by atoms with van der Waals surface area (Å²) in [5.41, 5.74) is -0.593. The lowest BCUT2D eigenvalue weighted by molar-refractivity contribution is 0.0412. The van der Waals surface area contributed by atoms with E-state index in [0.29, 0.717) is 6.54 Å². The first kappa shape index (κ1) is 8.42. The van der Waals surface area contributed by atoms with Crippen molar-refractivity contribution in [1.29, 1.82) is 0 Å². The third-order valence-electron chi connectivity index (χ3n) is 3.09. The van der Waals surface area contributed by atoms with Gasteiger partial charge in [-0.1, -0.05) is 0 Å². The minimum atomic E-state index is -2.10. The van der Waals surface area contributed by atoms with Gasteiger partial charge in [0.2, 0.25) is 6.43 Å². The van der Waals surface area contributed by atoms with E-state index in [1.54, 1.807) is 0 Å². The molecular formula is C9H15F2N. The average Bonchev–Trinajstić information content (AvgIpc) is 2.60. The highest BCUT2D eigenvalue weighted by Gasteiger charge is 2.51. The zero-order valence-electron chi connectivity index (χ0n) is 7.23. The number of hydrogen-bond acceptors (Lipinski definition) is 1. The van der Waals surface area contributed by atoms with Gasteiger partial charge < -0.3 is 4.90 Å². The van der Waals surface area contributed by atoms with Gasteiger partial charge in [0.15, 0.2) is 0 Å². The lowest BCUT2D eigenvalue weighted by Crippen LogP contribution is -2.31. The molecule has 1 saturated heterocycles. The van der Waals surface area contributed by atoms with Crippen molar-refractivity contribution >= 4 is 0 Å². The molecule has 0 spiro atoms. The van der Waals surface area contributed by atoms with Crippen LogP contribution < -0.4 is 0 Å². The monoisotopic (exact) mass is 175 g/mol. The molecule has 1 nitrogen and oxygen atoms in total.